The van der Waals surface area contributed by atoms with Gasteiger partial charge in [-0.1, -0.05) is 34.6 Å². The second-order valence-electron chi connectivity index (χ2n) is 8.40. The highest BCUT2D eigenvalue weighted by Gasteiger charge is 2.89. The number of epoxide rings is 2. The van der Waals surface area contributed by atoms with E-state index < -0.39 is 0 Å². The predicted octanol–water partition coefficient (Wildman–Crippen LogP) is 4.73. The highest BCUT2D eigenvalue weighted by atomic mass is 32.2. The number of hydrogen-bond donors (Lipinski definition) is 0. The fraction of sp³-hybridized carbons (Fsp3) is 0.870. The Morgan fingerprint density at radius 1 is 1.24 bits per heavy atom. The Bertz CT molecular complexity index is 678. The van der Waals surface area contributed by atoms with Crippen LogP contribution >= 0.6 is 11.8 Å². The Morgan fingerprint density at radius 3 is 2.48 bits per heavy atom. The van der Waals surface area contributed by atoms with Gasteiger partial charge >= 0.3 is 5.97 Å². The summed E-state index contributed by atoms with van der Waals surface area (Å²) in [7, 11) is 0. The molecule has 6 heteroatoms. The number of esters is 1. The van der Waals surface area contributed by atoms with E-state index in [-0.39, 0.29) is 40.9 Å². The second kappa shape index (κ2) is 8.18. The topological polar surface area (TPSA) is 60.6 Å². The molecule has 0 amide bonds. The van der Waals surface area contributed by atoms with Gasteiger partial charge in [-0.05, 0) is 50.9 Å². The van der Waals surface area contributed by atoms with Gasteiger partial charge in [0.15, 0.2) is 5.60 Å². The van der Waals surface area contributed by atoms with Gasteiger partial charge in [-0.15, -0.1) is 11.8 Å². The average molecular weight is 427 g/mol. The van der Waals surface area contributed by atoms with E-state index in [0.29, 0.717) is 18.5 Å². The SMILES string of the molecule is CC.CC.CSCOC(C)C12OC1CC1C3=C(CCC1(C)C21OC1C)C(=O)OC3. The predicted molar refractivity (Wildman–Crippen MR) is 116 cm³/mol. The quantitative estimate of drug-likeness (QED) is 0.368. The molecular weight excluding hydrogens is 388 g/mol. The minimum absolute atomic E-state index is 0.00418. The molecule has 166 valence electrons. The van der Waals surface area contributed by atoms with Gasteiger partial charge in [0.2, 0.25) is 0 Å². The van der Waals surface area contributed by atoms with Crippen molar-refractivity contribution in [3.63, 3.8) is 0 Å². The number of carbonyl (C=O) groups is 1. The van der Waals surface area contributed by atoms with E-state index in [1.807, 2.05) is 34.0 Å². The van der Waals surface area contributed by atoms with E-state index in [0.717, 1.165) is 24.8 Å². The third-order valence-corrected chi connectivity index (χ3v) is 8.00. The first-order valence-electron chi connectivity index (χ1n) is 11.3. The molecule has 0 aromatic heterocycles. The summed E-state index contributed by atoms with van der Waals surface area (Å²) < 4.78 is 24.2. The molecule has 29 heavy (non-hydrogen) atoms. The molecular formula is C23H38O5S. The van der Waals surface area contributed by atoms with Crippen molar-refractivity contribution in [1.29, 1.82) is 0 Å². The van der Waals surface area contributed by atoms with Crippen molar-refractivity contribution in [2.75, 3.05) is 18.8 Å². The summed E-state index contributed by atoms with van der Waals surface area (Å²) in [6.07, 6.45) is 5.04. The molecule has 0 bridgehead atoms. The lowest BCUT2D eigenvalue weighted by molar-refractivity contribution is -0.136. The van der Waals surface area contributed by atoms with Gasteiger partial charge in [0.25, 0.3) is 0 Å². The summed E-state index contributed by atoms with van der Waals surface area (Å²) in [6.45, 7) is 15.1. The zero-order chi connectivity index (χ0) is 21.6. The summed E-state index contributed by atoms with van der Waals surface area (Å²) in [5, 5.41) is 0. The molecule has 0 aromatic carbocycles. The second-order valence-corrected chi connectivity index (χ2v) is 9.21. The number of fused-ring (bicyclic) bond motifs is 5. The molecule has 2 aliphatic carbocycles. The van der Waals surface area contributed by atoms with Gasteiger partial charge in [-0.3, -0.25) is 0 Å². The number of cyclic esters (lactones) is 1. The fourth-order valence-electron chi connectivity index (χ4n) is 6.43. The zero-order valence-electron chi connectivity index (χ0n) is 19.3. The summed E-state index contributed by atoms with van der Waals surface area (Å²) in [5.74, 6) is 0.864. The molecule has 7 atom stereocenters. The number of rotatable bonds is 4. The lowest BCUT2D eigenvalue weighted by Gasteiger charge is -2.51. The van der Waals surface area contributed by atoms with Crippen molar-refractivity contribution < 1.29 is 23.7 Å². The number of ether oxygens (including phenoxy) is 4. The third-order valence-electron chi connectivity index (χ3n) is 7.63. The van der Waals surface area contributed by atoms with Crippen LogP contribution in [0.1, 0.15) is 67.7 Å². The highest BCUT2D eigenvalue weighted by Crippen LogP contribution is 2.76. The molecule has 3 fully saturated rings. The minimum Gasteiger partial charge on any atom is -0.458 e. The van der Waals surface area contributed by atoms with Crippen LogP contribution in [0, 0.1) is 11.3 Å². The van der Waals surface area contributed by atoms with Gasteiger partial charge in [0.05, 0.1) is 24.3 Å². The molecule has 1 spiro atoms. The summed E-state index contributed by atoms with van der Waals surface area (Å²) in [4.78, 5) is 12.0. The minimum atomic E-state index is -0.338. The normalized spacial score (nSPS) is 44.3. The Labute approximate surface area is 180 Å². The first-order valence-corrected chi connectivity index (χ1v) is 12.7. The van der Waals surface area contributed by atoms with Crippen molar-refractivity contribution in [2.24, 2.45) is 11.3 Å². The van der Waals surface area contributed by atoms with Crippen molar-refractivity contribution >= 4 is 17.7 Å². The lowest BCUT2D eigenvalue weighted by Crippen LogP contribution is -2.62. The molecule has 3 aliphatic heterocycles. The Balaban J connectivity index is 0.000000568. The molecule has 0 radical (unpaired) electrons. The van der Waals surface area contributed by atoms with Gasteiger partial charge in [-0.2, -0.15) is 0 Å². The maximum absolute atomic E-state index is 12.0. The highest BCUT2D eigenvalue weighted by molar-refractivity contribution is 7.98. The number of hydrogen-bond acceptors (Lipinski definition) is 6. The van der Waals surface area contributed by atoms with Gasteiger partial charge < -0.3 is 18.9 Å². The van der Waals surface area contributed by atoms with Crippen LogP contribution in [0.15, 0.2) is 11.1 Å². The van der Waals surface area contributed by atoms with Gasteiger partial charge in [0.1, 0.15) is 12.2 Å². The van der Waals surface area contributed by atoms with Crippen LogP contribution in [0.3, 0.4) is 0 Å². The largest absolute Gasteiger partial charge is 0.458 e. The molecule has 5 nitrogen and oxygen atoms in total. The maximum atomic E-state index is 12.0. The molecule has 0 aromatic rings. The summed E-state index contributed by atoms with van der Waals surface area (Å²) in [5.41, 5.74) is 1.45. The van der Waals surface area contributed by atoms with Crippen LogP contribution in [0.4, 0.5) is 0 Å². The van der Waals surface area contributed by atoms with Crippen LogP contribution < -0.4 is 0 Å². The average Bonchev–Trinajstić information content (AvgIpc) is 3.61. The fourth-order valence-corrected chi connectivity index (χ4v) is 6.77. The van der Waals surface area contributed by atoms with E-state index in [9.17, 15) is 4.79 Å². The standard InChI is InChI=1S/C19H26O5S.2C2H6/c1-10(22-9-25-4)18-15(24-18)7-14-13-8-21-16(20)12(13)5-6-17(14,3)19(18)11(2)23-19;2*1-2/h10-11,14-15H,5-9H2,1-4H3;2*1-2H3. The van der Waals surface area contributed by atoms with Gasteiger partial charge in [0, 0.05) is 11.0 Å². The van der Waals surface area contributed by atoms with E-state index in [1.54, 1.807) is 11.8 Å². The number of thioether (sulfide) groups is 1. The Kier molecular flexibility index (Phi) is 6.51. The molecule has 5 aliphatic rings. The van der Waals surface area contributed by atoms with E-state index >= 15 is 0 Å². The monoisotopic (exact) mass is 426 g/mol. The summed E-state index contributed by atoms with van der Waals surface area (Å²) >= 11 is 1.69. The van der Waals surface area contributed by atoms with Crippen LogP contribution in [-0.2, 0) is 23.7 Å². The molecule has 1 saturated carbocycles. The van der Waals surface area contributed by atoms with Crippen LogP contribution in [0.2, 0.25) is 0 Å². The molecule has 0 N–H and O–H groups in total. The van der Waals surface area contributed by atoms with Crippen molar-refractivity contribution in [2.45, 2.75) is 97.2 Å². The zero-order valence-corrected chi connectivity index (χ0v) is 20.1. The molecule has 2 saturated heterocycles. The smallest absolute Gasteiger partial charge is 0.334 e. The summed E-state index contributed by atoms with van der Waals surface area (Å²) in [6, 6.07) is 0. The molecule has 7 unspecified atom stereocenters. The van der Waals surface area contributed by atoms with Crippen LogP contribution in [0.25, 0.3) is 0 Å². The van der Waals surface area contributed by atoms with Crippen molar-refractivity contribution in [1.82, 2.24) is 0 Å². The van der Waals surface area contributed by atoms with Gasteiger partial charge in [-0.25, -0.2) is 4.79 Å². The third kappa shape index (κ3) is 2.89. The van der Waals surface area contributed by atoms with Crippen LogP contribution in [-0.4, -0.2) is 54.3 Å². The van der Waals surface area contributed by atoms with Crippen molar-refractivity contribution in [3.05, 3.63) is 11.1 Å². The van der Waals surface area contributed by atoms with E-state index in [2.05, 4.69) is 20.8 Å². The van der Waals surface area contributed by atoms with E-state index in [1.165, 1.54) is 5.57 Å². The first-order chi connectivity index (χ1) is 13.9. The Morgan fingerprint density at radius 2 is 1.90 bits per heavy atom. The van der Waals surface area contributed by atoms with Crippen LogP contribution in [0.5, 0.6) is 0 Å². The molecule has 5 rings (SSSR count). The maximum Gasteiger partial charge on any atom is 0.334 e. The first kappa shape index (κ1) is 23.1. The van der Waals surface area contributed by atoms with Crippen molar-refractivity contribution in [3.8, 4) is 0 Å². The lowest BCUT2D eigenvalue weighted by atomic mass is 9.49. The molecule has 3 heterocycles. The number of carbonyl (C=O) groups excluding carboxylic acids is 1. The Hall–Kier alpha value is -0.560. The van der Waals surface area contributed by atoms with E-state index in [4.69, 9.17) is 18.9 Å².